The third kappa shape index (κ3) is 3.61. The minimum atomic E-state index is -4.55. The summed E-state index contributed by atoms with van der Waals surface area (Å²) in [5, 5.41) is 8.26. The van der Waals surface area contributed by atoms with Crippen LogP contribution >= 0.6 is 0 Å². The van der Waals surface area contributed by atoms with Crippen LogP contribution in [-0.4, -0.2) is 6.18 Å². The maximum atomic E-state index is 12.2. The highest BCUT2D eigenvalue weighted by Crippen LogP contribution is 2.30. The van der Waals surface area contributed by atoms with Gasteiger partial charge in [0.1, 0.15) is 0 Å². The molecule has 0 fully saturated rings. The highest BCUT2D eigenvalue weighted by atomic mass is 19.4. The second-order valence-corrected chi connectivity index (χ2v) is 2.49. The van der Waals surface area contributed by atoms with Crippen LogP contribution in [-0.2, 0) is 0 Å². The third-order valence-electron chi connectivity index (χ3n) is 1.16. The van der Waals surface area contributed by atoms with E-state index in [2.05, 4.69) is 13.2 Å². The molecule has 4 heteroatoms. The number of hydrogen-bond donors (Lipinski definition) is 0. The normalized spacial score (nSPS) is 12.1. The summed E-state index contributed by atoms with van der Waals surface area (Å²) in [6.07, 6.45) is -3.75. The van der Waals surface area contributed by atoms with Crippen molar-refractivity contribution in [2.75, 3.05) is 0 Å². The van der Waals surface area contributed by atoms with Gasteiger partial charge in [-0.25, -0.2) is 0 Å². The van der Waals surface area contributed by atoms with Crippen molar-refractivity contribution in [2.24, 2.45) is 0 Å². The average molecular weight is 187 g/mol. The average Bonchev–Trinajstić information content (AvgIpc) is 1.96. The van der Waals surface area contributed by atoms with E-state index in [0.717, 1.165) is 6.08 Å². The Morgan fingerprint density at radius 1 is 1.38 bits per heavy atom. The first-order chi connectivity index (χ1) is 5.79. The molecule has 0 amide bonds. The maximum Gasteiger partial charge on any atom is 0.417 e. The summed E-state index contributed by atoms with van der Waals surface area (Å²) in [4.78, 5) is 0. The second-order valence-electron chi connectivity index (χ2n) is 2.49. The summed E-state index contributed by atoms with van der Waals surface area (Å²) in [5.74, 6) is 0. The molecule has 0 aromatic heterocycles. The van der Waals surface area contributed by atoms with Crippen LogP contribution in [0, 0.1) is 11.3 Å². The lowest BCUT2D eigenvalue weighted by Crippen LogP contribution is -2.13. The first kappa shape index (κ1) is 11.5. The smallest absolute Gasteiger partial charge is 0.192 e. The summed E-state index contributed by atoms with van der Waals surface area (Å²) in [6, 6.07) is 1.35. The van der Waals surface area contributed by atoms with Crippen molar-refractivity contribution in [3.05, 3.63) is 36.0 Å². The van der Waals surface area contributed by atoms with Crippen LogP contribution in [0.4, 0.5) is 13.2 Å². The van der Waals surface area contributed by atoms with Crippen LogP contribution in [0.15, 0.2) is 36.0 Å². The van der Waals surface area contributed by atoms with Gasteiger partial charge in [-0.05, 0) is 13.0 Å². The van der Waals surface area contributed by atoms with Crippen molar-refractivity contribution >= 4 is 0 Å². The Balaban J connectivity index is 5.14. The largest absolute Gasteiger partial charge is 0.417 e. The minimum Gasteiger partial charge on any atom is -0.192 e. The number of hydrogen-bond acceptors (Lipinski definition) is 1. The van der Waals surface area contributed by atoms with Gasteiger partial charge in [-0.1, -0.05) is 18.7 Å². The van der Waals surface area contributed by atoms with Gasteiger partial charge in [-0.3, -0.25) is 0 Å². The fraction of sp³-hybridized carbons (Fsp3) is 0.222. The summed E-state index contributed by atoms with van der Waals surface area (Å²) in [6.45, 7) is 7.71. The van der Waals surface area contributed by atoms with Crippen molar-refractivity contribution in [2.45, 2.75) is 13.1 Å². The van der Waals surface area contributed by atoms with Gasteiger partial charge >= 0.3 is 6.18 Å². The van der Waals surface area contributed by atoms with Gasteiger partial charge in [0.05, 0.1) is 17.2 Å². The van der Waals surface area contributed by atoms with E-state index in [9.17, 15) is 13.2 Å². The SMILES string of the molecule is C=C(C)/C=C(\C(=C)C#N)C(F)(F)F. The van der Waals surface area contributed by atoms with Gasteiger partial charge in [-0.2, -0.15) is 18.4 Å². The molecule has 0 rings (SSSR count). The topological polar surface area (TPSA) is 23.8 Å². The van der Waals surface area contributed by atoms with Crippen molar-refractivity contribution < 1.29 is 13.2 Å². The molecule has 0 aliphatic carbocycles. The van der Waals surface area contributed by atoms with E-state index in [4.69, 9.17) is 5.26 Å². The first-order valence-electron chi connectivity index (χ1n) is 3.33. The fourth-order valence-corrected chi connectivity index (χ4v) is 0.647. The number of alkyl halides is 3. The zero-order valence-corrected chi connectivity index (χ0v) is 7.07. The number of halogens is 3. The molecule has 70 valence electrons. The molecular formula is C9H8F3N. The molecule has 0 atom stereocenters. The van der Waals surface area contributed by atoms with E-state index in [-0.39, 0.29) is 5.57 Å². The minimum absolute atomic E-state index is 0.226. The zero-order valence-electron chi connectivity index (χ0n) is 7.07. The standard InChI is InChI=1S/C9H8F3N/c1-6(2)4-8(7(3)5-13)9(10,11)12/h4H,1,3H2,2H3/b8-4+. The quantitative estimate of drug-likeness (QED) is 0.481. The highest BCUT2D eigenvalue weighted by Gasteiger charge is 2.35. The lowest BCUT2D eigenvalue weighted by molar-refractivity contribution is -0.0889. The van der Waals surface area contributed by atoms with Crippen LogP contribution in [0.25, 0.3) is 0 Å². The Bertz CT molecular complexity index is 302. The summed E-state index contributed by atoms with van der Waals surface area (Å²) in [5.41, 5.74) is -1.42. The van der Waals surface area contributed by atoms with Gasteiger partial charge < -0.3 is 0 Å². The molecule has 0 saturated heterocycles. The van der Waals surface area contributed by atoms with Gasteiger partial charge in [0.15, 0.2) is 0 Å². The van der Waals surface area contributed by atoms with Crippen LogP contribution in [0.1, 0.15) is 6.92 Å². The van der Waals surface area contributed by atoms with Crippen molar-refractivity contribution in [3.63, 3.8) is 0 Å². The van der Waals surface area contributed by atoms with E-state index in [1.165, 1.54) is 13.0 Å². The molecular weight excluding hydrogens is 179 g/mol. The van der Waals surface area contributed by atoms with Crippen LogP contribution in [0.5, 0.6) is 0 Å². The van der Waals surface area contributed by atoms with Crippen LogP contribution in [0.3, 0.4) is 0 Å². The predicted octanol–water partition coefficient (Wildman–Crippen LogP) is 3.13. The van der Waals surface area contributed by atoms with E-state index in [0.29, 0.717) is 0 Å². The van der Waals surface area contributed by atoms with Crippen LogP contribution < -0.4 is 0 Å². The monoisotopic (exact) mass is 187 g/mol. The number of nitriles is 1. The molecule has 0 spiro atoms. The van der Waals surface area contributed by atoms with Gasteiger partial charge in [-0.15, -0.1) is 0 Å². The molecule has 0 unspecified atom stereocenters. The highest BCUT2D eigenvalue weighted by molar-refractivity contribution is 5.45. The van der Waals surface area contributed by atoms with E-state index in [1.807, 2.05) is 0 Å². The Hall–Kier alpha value is -1.50. The van der Waals surface area contributed by atoms with Crippen molar-refractivity contribution in [3.8, 4) is 6.07 Å². The number of nitrogens with zero attached hydrogens (tertiary/aromatic N) is 1. The molecule has 0 aromatic carbocycles. The lowest BCUT2D eigenvalue weighted by atomic mass is 10.1. The zero-order chi connectivity index (χ0) is 10.6. The summed E-state index contributed by atoms with van der Waals surface area (Å²) < 4.78 is 36.6. The summed E-state index contributed by atoms with van der Waals surface area (Å²) in [7, 11) is 0. The van der Waals surface area contributed by atoms with Gasteiger partial charge in [0, 0.05) is 0 Å². The molecule has 0 radical (unpaired) electrons. The molecule has 0 heterocycles. The van der Waals surface area contributed by atoms with E-state index < -0.39 is 17.3 Å². The molecule has 0 aromatic rings. The molecule has 0 aliphatic heterocycles. The van der Waals surface area contributed by atoms with Gasteiger partial charge in [0.2, 0.25) is 0 Å². The summed E-state index contributed by atoms with van der Waals surface area (Å²) >= 11 is 0. The number of rotatable bonds is 2. The van der Waals surface area contributed by atoms with Crippen molar-refractivity contribution in [1.82, 2.24) is 0 Å². The Kier molecular flexibility index (Phi) is 3.49. The molecule has 0 aliphatic rings. The number of allylic oxidation sites excluding steroid dienone is 4. The molecule has 1 nitrogen and oxygen atoms in total. The Morgan fingerprint density at radius 2 is 1.85 bits per heavy atom. The molecule has 13 heavy (non-hydrogen) atoms. The van der Waals surface area contributed by atoms with E-state index >= 15 is 0 Å². The van der Waals surface area contributed by atoms with Gasteiger partial charge in [0.25, 0.3) is 0 Å². The Labute approximate surface area is 74.5 Å². The predicted molar refractivity (Wildman–Crippen MR) is 43.7 cm³/mol. The van der Waals surface area contributed by atoms with Crippen molar-refractivity contribution in [1.29, 1.82) is 5.26 Å². The molecule has 0 bridgehead atoms. The molecule has 0 N–H and O–H groups in total. The second kappa shape index (κ2) is 3.94. The fourth-order valence-electron chi connectivity index (χ4n) is 0.647. The Morgan fingerprint density at radius 3 is 2.08 bits per heavy atom. The first-order valence-corrected chi connectivity index (χ1v) is 3.33. The maximum absolute atomic E-state index is 12.2. The van der Waals surface area contributed by atoms with Crippen LogP contribution in [0.2, 0.25) is 0 Å². The molecule has 0 saturated carbocycles. The third-order valence-corrected chi connectivity index (χ3v) is 1.16. The lowest BCUT2D eigenvalue weighted by Gasteiger charge is -2.09. The van der Waals surface area contributed by atoms with E-state index in [1.54, 1.807) is 0 Å².